The standard InChI is InChI=1S/C34H58O4/c1-4-6-8-10-12-14-16-18-20-22-29-37-32-26-24-25-31(27-28-33(35)36-3)34(32)38-30-23-21-19-17-15-13-11-9-7-5-2/h24-28H,4-23,29-30H2,1-3H3. The Bertz CT molecular complexity index is 712. The molecule has 0 N–H and O–H groups in total. The van der Waals surface area contributed by atoms with Crippen LogP contribution in [-0.4, -0.2) is 26.3 Å². The minimum atomic E-state index is -0.373. The number of carbonyl (C=O) groups is 1. The highest BCUT2D eigenvalue weighted by molar-refractivity contribution is 5.87. The van der Waals surface area contributed by atoms with Gasteiger partial charge >= 0.3 is 5.97 Å². The maximum atomic E-state index is 11.6. The fourth-order valence-corrected chi connectivity index (χ4v) is 4.69. The summed E-state index contributed by atoms with van der Waals surface area (Å²) < 4.78 is 17.1. The van der Waals surface area contributed by atoms with Crippen LogP contribution in [0.15, 0.2) is 24.3 Å². The lowest BCUT2D eigenvalue weighted by Gasteiger charge is -2.15. The first-order valence-electron chi connectivity index (χ1n) is 15.9. The average molecular weight is 531 g/mol. The fraction of sp³-hybridized carbons (Fsp3) is 0.735. The summed E-state index contributed by atoms with van der Waals surface area (Å²) in [5.41, 5.74) is 0.850. The van der Waals surface area contributed by atoms with Crippen molar-refractivity contribution in [3.63, 3.8) is 0 Å². The van der Waals surface area contributed by atoms with E-state index in [1.165, 1.54) is 129 Å². The first-order chi connectivity index (χ1) is 18.7. The Morgan fingerprint density at radius 3 is 1.55 bits per heavy atom. The predicted octanol–water partition coefficient (Wildman–Crippen LogP) is 10.5. The third kappa shape index (κ3) is 18.3. The van der Waals surface area contributed by atoms with E-state index in [0.717, 1.165) is 29.9 Å². The number of para-hydroxylation sites is 1. The van der Waals surface area contributed by atoms with E-state index in [1.54, 1.807) is 6.08 Å². The van der Waals surface area contributed by atoms with Gasteiger partial charge in [0.1, 0.15) is 0 Å². The smallest absolute Gasteiger partial charge is 0.330 e. The van der Waals surface area contributed by atoms with Gasteiger partial charge in [-0.25, -0.2) is 4.79 Å². The summed E-state index contributed by atoms with van der Waals surface area (Å²) in [4.78, 5) is 11.6. The van der Waals surface area contributed by atoms with Gasteiger partial charge in [-0.3, -0.25) is 0 Å². The second-order valence-electron chi connectivity index (χ2n) is 10.6. The molecular weight excluding hydrogens is 472 g/mol. The average Bonchev–Trinajstić information content (AvgIpc) is 2.93. The van der Waals surface area contributed by atoms with Crippen molar-refractivity contribution in [2.75, 3.05) is 20.3 Å². The van der Waals surface area contributed by atoms with Crippen molar-refractivity contribution < 1.29 is 19.0 Å². The Morgan fingerprint density at radius 1 is 0.632 bits per heavy atom. The molecule has 4 heteroatoms. The van der Waals surface area contributed by atoms with Gasteiger partial charge in [0.2, 0.25) is 0 Å². The second-order valence-corrected chi connectivity index (χ2v) is 10.6. The van der Waals surface area contributed by atoms with Crippen molar-refractivity contribution in [2.24, 2.45) is 0 Å². The molecule has 0 atom stereocenters. The Hall–Kier alpha value is -1.97. The van der Waals surface area contributed by atoms with E-state index in [2.05, 4.69) is 13.8 Å². The van der Waals surface area contributed by atoms with Crippen molar-refractivity contribution in [3.8, 4) is 11.5 Å². The Labute approximate surface area is 234 Å². The summed E-state index contributed by atoms with van der Waals surface area (Å²) >= 11 is 0. The summed E-state index contributed by atoms with van der Waals surface area (Å²) in [7, 11) is 1.39. The van der Waals surface area contributed by atoms with Gasteiger partial charge in [0.05, 0.1) is 20.3 Å². The van der Waals surface area contributed by atoms with Crippen LogP contribution >= 0.6 is 0 Å². The molecule has 4 nitrogen and oxygen atoms in total. The molecule has 0 unspecified atom stereocenters. The molecule has 1 rings (SSSR count). The van der Waals surface area contributed by atoms with Crippen molar-refractivity contribution in [1.29, 1.82) is 0 Å². The zero-order valence-corrected chi connectivity index (χ0v) is 25.1. The van der Waals surface area contributed by atoms with E-state index in [1.807, 2.05) is 18.2 Å². The first kappa shape index (κ1) is 34.1. The number of rotatable bonds is 26. The van der Waals surface area contributed by atoms with E-state index in [4.69, 9.17) is 14.2 Å². The van der Waals surface area contributed by atoms with Crippen LogP contribution in [0.1, 0.15) is 148 Å². The van der Waals surface area contributed by atoms with Crippen LogP contribution in [0.5, 0.6) is 11.5 Å². The molecule has 0 saturated heterocycles. The zero-order valence-electron chi connectivity index (χ0n) is 25.1. The number of hydrogen-bond acceptors (Lipinski definition) is 4. The minimum Gasteiger partial charge on any atom is -0.490 e. The molecule has 0 aliphatic carbocycles. The Kier molecular flexibility index (Phi) is 22.7. The minimum absolute atomic E-state index is 0.373. The summed E-state index contributed by atoms with van der Waals surface area (Å²) in [6.45, 7) is 5.89. The molecule has 0 saturated carbocycles. The van der Waals surface area contributed by atoms with Gasteiger partial charge in [-0.05, 0) is 25.0 Å². The van der Waals surface area contributed by atoms with Crippen molar-refractivity contribution in [2.45, 2.75) is 142 Å². The largest absolute Gasteiger partial charge is 0.490 e. The van der Waals surface area contributed by atoms with Crippen LogP contribution in [0.25, 0.3) is 6.08 Å². The third-order valence-corrected chi connectivity index (χ3v) is 7.11. The van der Waals surface area contributed by atoms with Gasteiger partial charge < -0.3 is 14.2 Å². The lowest BCUT2D eigenvalue weighted by molar-refractivity contribution is -0.134. The summed E-state index contributed by atoms with van der Waals surface area (Å²) in [6, 6.07) is 5.89. The molecule has 1 aromatic rings. The second kappa shape index (κ2) is 25.3. The maximum Gasteiger partial charge on any atom is 0.330 e. The highest BCUT2D eigenvalue weighted by Gasteiger charge is 2.10. The number of unbranched alkanes of at least 4 members (excludes halogenated alkanes) is 18. The van der Waals surface area contributed by atoms with E-state index in [-0.39, 0.29) is 5.97 Å². The van der Waals surface area contributed by atoms with Crippen LogP contribution in [0.2, 0.25) is 0 Å². The fourth-order valence-electron chi connectivity index (χ4n) is 4.69. The number of carbonyl (C=O) groups excluding carboxylic acids is 1. The van der Waals surface area contributed by atoms with Crippen molar-refractivity contribution >= 4 is 12.0 Å². The quantitative estimate of drug-likeness (QED) is 0.0679. The van der Waals surface area contributed by atoms with Gasteiger partial charge in [-0.2, -0.15) is 0 Å². The molecule has 0 heterocycles. The Balaban J connectivity index is 2.40. The molecular formula is C34H58O4. The molecule has 0 bridgehead atoms. The number of esters is 1. The molecule has 0 aromatic heterocycles. The van der Waals surface area contributed by atoms with Crippen molar-refractivity contribution in [3.05, 3.63) is 29.8 Å². The summed E-state index contributed by atoms with van der Waals surface area (Å²) in [5.74, 6) is 1.12. The molecule has 1 aromatic carbocycles. The number of benzene rings is 1. The lowest BCUT2D eigenvalue weighted by atomic mass is 10.1. The highest BCUT2D eigenvalue weighted by atomic mass is 16.5. The number of hydrogen-bond donors (Lipinski definition) is 0. The third-order valence-electron chi connectivity index (χ3n) is 7.11. The summed E-state index contributed by atoms with van der Waals surface area (Å²) in [6.07, 6.45) is 29.2. The molecule has 38 heavy (non-hydrogen) atoms. The highest BCUT2D eigenvalue weighted by Crippen LogP contribution is 2.33. The van der Waals surface area contributed by atoms with E-state index >= 15 is 0 Å². The Morgan fingerprint density at radius 2 is 1.08 bits per heavy atom. The lowest BCUT2D eigenvalue weighted by Crippen LogP contribution is -2.04. The van der Waals surface area contributed by atoms with Crippen LogP contribution in [0.3, 0.4) is 0 Å². The zero-order chi connectivity index (χ0) is 27.5. The van der Waals surface area contributed by atoms with E-state index < -0.39 is 0 Å². The van der Waals surface area contributed by atoms with Crippen LogP contribution in [-0.2, 0) is 9.53 Å². The molecule has 0 aliphatic heterocycles. The predicted molar refractivity (Wildman–Crippen MR) is 162 cm³/mol. The monoisotopic (exact) mass is 530 g/mol. The van der Waals surface area contributed by atoms with Gasteiger partial charge in [-0.15, -0.1) is 0 Å². The van der Waals surface area contributed by atoms with Gasteiger partial charge in [0, 0.05) is 11.6 Å². The molecule has 218 valence electrons. The first-order valence-corrected chi connectivity index (χ1v) is 15.9. The van der Waals surface area contributed by atoms with Crippen LogP contribution in [0.4, 0.5) is 0 Å². The molecule has 0 radical (unpaired) electrons. The van der Waals surface area contributed by atoms with E-state index in [0.29, 0.717) is 13.2 Å². The van der Waals surface area contributed by atoms with Gasteiger partial charge in [0.15, 0.2) is 11.5 Å². The molecule has 0 spiro atoms. The summed E-state index contributed by atoms with van der Waals surface area (Å²) in [5, 5.41) is 0. The van der Waals surface area contributed by atoms with Crippen molar-refractivity contribution in [1.82, 2.24) is 0 Å². The molecule has 0 fully saturated rings. The SMILES string of the molecule is CCCCCCCCCCCCOc1cccc(C=CC(=O)OC)c1OCCCCCCCCCCCC. The molecule has 0 amide bonds. The maximum absolute atomic E-state index is 11.6. The number of ether oxygens (including phenoxy) is 3. The van der Waals surface area contributed by atoms with Gasteiger partial charge in [0.25, 0.3) is 0 Å². The van der Waals surface area contributed by atoms with Crippen LogP contribution < -0.4 is 9.47 Å². The van der Waals surface area contributed by atoms with Crippen LogP contribution in [0, 0.1) is 0 Å². The van der Waals surface area contributed by atoms with E-state index in [9.17, 15) is 4.79 Å². The topological polar surface area (TPSA) is 44.8 Å². The normalized spacial score (nSPS) is 11.2. The van der Waals surface area contributed by atoms with Gasteiger partial charge in [-0.1, -0.05) is 142 Å². The number of methoxy groups -OCH3 is 1. The molecule has 0 aliphatic rings.